The van der Waals surface area contributed by atoms with Crippen molar-refractivity contribution in [1.82, 2.24) is 15.1 Å². The molecule has 1 saturated heterocycles. The van der Waals surface area contributed by atoms with Crippen molar-refractivity contribution in [3.63, 3.8) is 0 Å². The van der Waals surface area contributed by atoms with E-state index in [1.165, 1.54) is 5.32 Å². The van der Waals surface area contributed by atoms with Gasteiger partial charge in [0, 0.05) is 32.7 Å². The van der Waals surface area contributed by atoms with Crippen LogP contribution in [0.4, 0.5) is 13.2 Å². The smallest absolute Gasteiger partial charge is 0.471 e. The molecule has 1 rings (SSSR count). The molecule has 1 aliphatic rings. The lowest BCUT2D eigenvalue weighted by Crippen LogP contribution is -2.50. The Morgan fingerprint density at radius 3 is 2.25 bits per heavy atom. The van der Waals surface area contributed by atoms with Crippen LogP contribution in [0.1, 0.15) is 6.42 Å². The number of piperazine rings is 1. The predicted octanol–water partition coefficient (Wildman–Crippen LogP) is -0.244. The summed E-state index contributed by atoms with van der Waals surface area (Å²) >= 11 is 0. The zero-order valence-corrected chi connectivity index (χ0v) is 11.1. The van der Waals surface area contributed by atoms with Gasteiger partial charge in [0.1, 0.15) is 6.04 Å². The molecule has 1 amide bonds. The Kier molecular flexibility index (Phi) is 5.75. The summed E-state index contributed by atoms with van der Waals surface area (Å²) in [5.74, 6) is -3.68. The lowest BCUT2D eigenvalue weighted by atomic mass is 10.2. The summed E-state index contributed by atoms with van der Waals surface area (Å²) in [6, 6.07) is -1.52. The topological polar surface area (TPSA) is 72.9 Å². The highest BCUT2D eigenvalue weighted by Crippen LogP contribution is 2.15. The zero-order valence-electron chi connectivity index (χ0n) is 11.1. The van der Waals surface area contributed by atoms with Gasteiger partial charge in [-0.1, -0.05) is 0 Å². The number of alkyl halides is 3. The quantitative estimate of drug-likeness (QED) is 0.732. The molecular formula is C11H18F3N3O3. The van der Waals surface area contributed by atoms with E-state index in [0.717, 1.165) is 26.2 Å². The maximum absolute atomic E-state index is 12.1. The van der Waals surface area contributed by atoms with Crippen LogP contribution in [0.15, 0.2) is 0 Å². The molecule has 0 aromatic heterocycles. The molecule has 0 aliphatic carbocycles. The Balaban J connectivity index is 2.44. The van der Waals surface area contributed by atoms with Crippen LogP contribution in [0.3, 0.4) is 0 Å². The van der Waals surface area contributed by atoms with Gasteiger partial charge in [0.05, 0.1) is 0 Å². The number of carboxylic acid groups (broad SMARTS) is 1. The van der Waals surface area contributed by atoms with Gasteiger partial charge in [0.2, 0.25) is 0 Å². The number of nitrogens with one attached hydrogen (secondary N) is 1. The van der Waals surface area contributed by atoms with Crippen LogP contribution in [0.2, 0.25) is 0 Å². The number of hydrogen-bond acceptors (Lipinski definition) is 4. The second-order valence-electron chi connectivity index (χ2n) is 4.80. The van der Waals surface area contributed by atoms with Crippen LogP contribution in [0, 0.1) is 0 Å². The van der Waals surface area contributed by atoms with E-state index in [1.807, 2.05) is 11.9 Å². The molecule has 0 saturated carbocycles. The first-order valence-corrected chi connectivity index (χ1v) is 6.21. The van der Waals surface area contributed by atoms with Crippen molar-refractivity contribution in [3.8, 4) is 0 Å². The van der Waals surface area contributed by atoms with Crippen molar-refractivity contribution < 1.29 is 27.9 Å². The number of rotatable bonds is 5. The van der Waals surface area contributed by atoms with Gasteiger partial charge in [-0.3, -0.25) is 4.79 Å². The molecule has 2 N–H and O–H groups in total. The van der Waals surface area contributed by atoms with Crippen molar-refractivity contribution in [2.45, 2.75) is 18.6 Å². The van der Waals surface area contributed by atoms with Crippen LogP contribution in [0.5, 0.6) is 0 Å². The van der Waals surface area contributed by atoms with Crippen molar-refractivity contribution in [2.24, 2.45) is 0 Å². The van der Waals surface area contributed by atoms with Crippen LogP contribution in [0.25, 0.3) is 0 Å². The standard InChI is InChI=1S/C11H18F3N3O3/c1-16-4-6-17(7-5-16)3-2-8(9(18)19)15-10(20)11(12,13)14/h8H,2-7H2,1H3,(H,15,20)(H,18,19). The largest absolute Gasteiger partial charge is 0.480 e. The highest BCUT2D eigenvalue weighted by atomic mass is 19.4. The van der Waals surface area contributed by atoms with Gasteiger partial charge in [0.25, 0.3) is 0 Å². The van der Waals surface area contributed by atoms with Gasteiger partial charge >= 0.3 is 18.1 Å². The van der Waals surface area contributed by atoms with Gasteiger partial charge in [0.15, 0.2) is 0 Å². The average molecular weight is 297 g/mol. The first-order chi connectivity index (χ1) is 9.20. The zero-order chi connectivity index (χ0) is 15.3. The molecule has 116 valence electrons. The van der Waals surface area contributed by atoms with Gasteiger partial charge in [-0.15, -0.1) is 0 Å². The van der Waals surface area contributed by atoms with E-state index in [0.29, 0.717) is 6.54 Å². The second kappa shape index (κ2) is 6.89. The number of amides is 1. The van der Waals surface area contributed by atoms with Crippen molar-refractivity contribution in [1.29, 1.82) is 0 Å². The minimum absolute atomic E-state index is 0.0547. The highest BCUT2D eigenvalue weighted by molar-refractivity contribution is 5.86. The summed E-state index contributed by atoms with van der Waals surface area (Å²) in [5, 5.41) is 10.4. The monoisotopic (exact) mass is 297 g/mol. The first-order valence-electron chi connectivity index (χ1n) is 6.21. The first kappa shape index (κ1) is 16.7. The van der Waals surface area contributed by atoms with Crippen LogP contribution in [-0.2, 0) is 9.59 Å². The molecule has 0 radical (unpaired) electrons. The Bertz CT molecular complexity index is 355. The summed E-state index contributed by atoms with van der Waals surface area (Å²) in [6.07, 6.45) is -5.12. The van der Waals surface area contributed by atoms with E-state index in [4.69, 9.17) is 5.11 Å². The third-order valence-corrected chi connectivity index (χ3v) is 3.19. The molecule has 0 bridgehead atoms. The lowest BCUT2D eigenvalue weighted by molar-refractivity contribution is -0.175. The second-order valence-corrected chi connectivity index (χ2v) is 4.80. The summed E-state index contributed by atoms with van der Waals surface area (Å²) in [5.41, 5.74) is 0. The van der Waals surface area contributed by atoms with Gasteiger partial charge in [-0.2, -0.15) is 13.2 Å². The molecule has 0 spiro atoms. The van der Waals surface area contributed by atoms with Crippen LogP contribution in [-0.4, -0.2) is 78.8 Å². The number of carboxylic acids is 1. The van der Waals surface area contributed by atoms with E-state index < -0.39 is 24.1 Å². The molecule has 0 aromatic carbocycles. The van der Waals surface area contributed by atoms with Crippen molar-refractivity contribution in [3.05, 3.63) is 0 Å². The molecule has 1 heterocycles. The third-order valence-electron chi connectivity index (χ3n) is 3.19. The van der Waals surface area contributed by atoms with Gasteiger partial charge in [-0.25, -0.2) is 4.79 Å². The normalized spacial score (nSPS) is 19.6. The van der Waals surface area contributed by atoms with E-state index >= 15 is 0 Å². The van der Waals surface area contributed by atoms with Crippen LogP contribution < -0.4 is 5.32 Å². The number of carbonyl (C=O) groups is 2. The molecule has 9 heteroatoms. The van der Waals surface area contributed by atoms with Crippen molar-refractivity contribution >= 4 is 11.9 Å². The minimum atomic E-state index is -5.07. The Hall–Kier alpha value is -1.35. The van der Waals surface area contributed by atoms with Crippen LogP contribution >= 0.6 is 0 Å². The van der Waals surface area contributed by atoms with Crippen molar-refractivity contribution in [2.75, 3.05) is 39.8 Å². The fourth-order valence-corrected chi connectivity index (χ4v) is 1.88. The number of likely N-dealkylation sites (N-methyl/N-ethyl adjacent to an activating group) is 1. The number of nitrogens with zero attached hydrogens (tertiary/aromatic N) is 2. The predicted molar refractivity (Wildman–Crippen MR) is 64.2 cm³/mol. The molecule has 1 fully saturated rings. The van der Waals surface area contributed by atoms with E-state index in [2.05, 4.69) is 4.90 Å². The number of aliphatic carboxylic acids is 1. The lowest BCUT2D eigenvalue weighted by Gasteiger charge is -2.32. The number of halogens is 3. The minimum Gasteiger partial charge on any atom is -0.480 e. The molecule has 20 heavy (non-hydrogen) atoms. The Morgan fingerprint density at radius 2 is 1.80 bits per heavy atom. The van der Waals surface area contributed by atoms with E-state index in [-0.39, 0.29) is 6.42 Å². The Morgan fingerprint density at radius 1 is 1.25 bits per heavy atom. The molecular weight excluding hydrogens is 279 g/mol. The number of hydrogen-bond donors (Lipinski definition) is 2. The van der Waals surface area contributed by atoms with Gasteiger partial charge < -0.3 is 20.2 Å². The summed E-state index contributed by atoms with van der Waals surface area (Å²) in [6.45, 7) is 3.45. The average Bonchev–Trinajstić information content (AvgIpc) is 2.34. The molecule has 1 unspecified atom stereocenters. The molecule has 1 atom stereocenters. The molecule has 6 nitrogen and oxygen atoms in total. The highest BCUT2D eigenvalue weighted by Gasteiger charge is 2.40. The summed E-state index contributed by atoms with van der Waals surface area (Å²) in [4.78, 5) is 25.7. The van der Waals surface area contributed by atoms with Gasteiger partial charge in [-0.05, 0) is 13.5 Å². The Labute approximate surface area is 114 Å². The fraction of sp³-hybridized carbons (Fsp3) is 0.818. The number of carbonyl (C=O) groups excluding carboxylic acids is 1. The maximum Gasteiger partial charge on any atom is 0.471 e. The SMILES string of the molecule is CN1CCN(CCC(NC(=O)C(F)(F)F)C(=O)O)CC1. The van der Waals surface area contributed by atoms with E-state index in [1.54, 1.807) is 0 Å². The summed E-state index contributed by atoms with van der Waals surface area (Å²) < 4.78 is 36.3. The van der Waals surface area contributed by atoms with E-state index in [9.17, 15) is 22.8 Å². The fourth-order valence-electron chi connectivity index (χ4n) is 1.88. The molecule has 1 aliphatic heterocycles. The maximum atomic E-state index is 12.1. The third kappa shape index (κ3) is 5.33. The summed E-state index contributed by atoms with van der Waals surface area (Å²) in [7, 11) is 1.96. The molecule has 0 aromatic rings.